The van der Waals surface area contributed by atoms with Crippen molar-refractivity contribution in [2.24, 2.45) is 5.16 Å². The second-order valence-corrected chi connectivity index (χ2v) is 5.88. The van der Waals surface area contributed by atoms with Gasteiger partial charge < -0.3 is 9.57 Å². The number of oxime groups is 1. The monoisotopic (exact) mass is 337 g/mol. The van der Waals surface area contributed by atoms with Crippen LogP contribution in [0.25, 0.3) is 0 Å². The normalized spacial score (nSPS) is 10.7. The van der Waals surface area contributed by atoms with Gasteiger partial charge in [-0.05, 0) is 46.8 Å². The van der Waals surface area contributed by atoms with Crippen molar-refractivity contribution >= 4 is 23.5 Å². The van der Waals surface area contributed by atoms with Gasteiger partial charge in [0, 0.05) is 0 Å². The number of hydrogen-bond acceptors (Lipinski definition) is 5. The molecule has 0 aliphatic rings. The molecule has 3 rings (SSSR count). The summed E-state index contributed by atoms with van der Waals surface area (Å²) in [6, 6.07) is 20.9. The summed E-state index contributed by atoms with van der Waals surface area (Å²) in [5, 5.41) is 5.53. The molecule has 120 valence electrons. The molecule has 0 spiro atoms. The zero-order chi connectivity index (χ0) is 16.6. The molecule has 0 amide bonds. The standard InChI is InChI=1S/C19H15NO3S/c21-19(18-7-4-12-24-18)23-20-13-15-8-10-17(11-9-15)22-14-16-5-2-1-3-6-16/h1-13H,14H2/b20-13-. The minimum absolute atomic E-state index is 0.455. The highest BCUT2D eigenvalue weighted by atomic mass is 32.1. The van der Waals surface area contributed by atoms with Gasteiger partial charge >= 0.3 is 5.97 Å². The molecule has 0 aliphatic carbocycles. The molecule has 0 saturated heterocycles. The minimum atomic E-state index is -0.455. The molecule has 0 N–H and O–H groups in total. The largest absolute Gasteiger partial charge is 0.489 e. The van der Waals surface area contributed by atoms with E-state index in [0.29, 0.717) is 11.5 Å². The molecule has 0 saturated carbocycles. The van der Waals surface area contributed by atoms with E-state index in [1.807, 2.05) is 60.0 Å². The van der Waals surface area contributed by atoms with Gasteiger partial charge in [-0.2, -0.15) is 0 Å². The van der Waals surface area contributed by atoms with Gasteiger partial charge in [0.15, 0.2) is 0 Å². The average molecular weight is 337 g/mol. The maximum Gasteiger partial charge on any atom is 0.375 e. The Morgan fingerprint density at radius 3 is 2.50 bits per heavy atom. The Bertz CT molecular complexity index is 796. The van der Waals surface area contributed by atoms with Gasteiger partial charge in [-0.15, -0.1) is 11.3 Å². The lowest BCUT2D eigenvalue weighted by Crippen LogP contribution is -1.98. The molecule has 5 heteroatoms. The Labute approximate surface area is 144 Å². The Morgan fingerprint density at radius 2 is 1.79 bits per heavy atom. The lowest BCUT2D eigenvalue weighted by atomic mass is 10.2. The molecule has 0 radical (unpaired) electrons. The number of rotatable bonds is 6. The highest BCUT2D eigenvalue weighted by Crippen LogP contribution is 2.14. The fourth-order valence-corrected chi connectivity index (χ4v) is 2.56. The van der Waals surface area contributed by atoms with Gasteiger partial charge in [0.25, 0.3) is 0 Å². The first-order valence-corrected chi connectivity index (χ1v) is 8.24. The van der Waals surface area contributed by atoms with Crippen LogP contribution in [0.1, 0.15) is 20.8 Å². The Balaban J connectivity index is 1.51. The third-order valence-corrected chi connectivity index (χ3v) is 4.04. The van der Waals surface area contributed by atoms with E-state index < -0.39 is 5.97 Å². The molecule has 0 unspecified atom stereocenters. The van der Waals surface area contributed by atoms with Gasteiger partial charge in [-0.3, -0.25) is 0 Å². The number of benzene rings is 2. The second-order valence-electron chi connectivity index (χ2n) is 4.93. The van der Waals surface area contributed by atoms with Crippen LogP contribution in [-0.4, -0.2) is 12.2 Å². The van der Waals surface area contributed by atoms with E-state index in [0.717, 1.165) is 16.9 Å². The molecular weight excluding hydrogens is 322 g/mol. The number of carbonyl (C=O) groups is 1. The summed E-state index contributed by atoms with van der Waals surface area (Å²) in [7, 11) is 0. The van der Waals surface area contributed by atoms with Gasteiger partial charge in [0.05, 0.1) is 6.21 Å². The smallest absolute Gasteiger partial charge is 0.375 e. The number of nitrogens with zero attached hydrogens (tertiary/aromatic N) is 1. The van der Waals surface area contributed by atoms with Gasteiger partial charge in [0.1, 0.15) is 17.2 Å². The lowest BCUT2D eigenvalue weighted by Gasteiger charge is -2.06. The van der Waals surface area contributed by atoms with Crippen molar-refractivity contribution in [2.45, 2.75) is 6.61 Å². The van der Waals surface area contributed by atoms with E-state index >= 15 is 0 Å². The van der Waals surface area contributed by atoms with Gasteiger partial charge in [0.2, 0.25) is 0 Å². The summed E-state index contributed by atoms with van der Waals surface area (Å²) in [6.45, 7) is 0.521. The Morgan fingerprint density at radius 1 is 1.00 bits per heavy atom. The first kappa shape index (κ1) is 16.0. The first-order valence-electron chi connectivity index (χ1n) is 7.36. The lowest BCUT2D eigenvalue weighted by molar-refractivity contribution is 0.0525. The van der Waals surface area contributed by atoms with E-state index in [9.17, 15) is 4.79 Å². The SMILES string of the molecule is O=C(O/N=C\c1ccc(OCc2ccccc2)cc1)c1cccs1. The molecule has 0 bridgehead atoms. The Kier molecular flexibility index (Phi) is 5.37. The third kappa shape index (κ3) is 4.54. The van der Waals surface area contributed by atoms with Crippen molar-refractivity contribution in [1.82, 2.24) is 0 Å². The predicted molar refractivity (Wildman–Crippen MR) is 94.5 cm³/mol. The summed E-state index contributed by atoms with van der Waals surface area (Å²) in [5.74, 6) is 0.315. The fraction of sp³-hybridized carbons (Fsp3) is 0.0526. The minimum Gasteiger partial charge on any atom is -0.489 e. The number of carbonyl (C=O) groups excluding carboxylic acids is 1. The maximum absolute atomic E-state index is 11.6. The second kappa shape index (κ2) is 8.08. The van der Waals surface area contributed by atoms with E-state index in [1.54, 1.807) is 12.1 Å². The quantitative estimate of drug-likeness (QED) is 0.377. The van der Waals surface area contributed by atoms with Crippen molar-refractivity contribution in [3.05, 3.63) is 88.1 Å². The summed E-state index contributed by atoms with van der Waals surface area (Å²) < 4.78 is 5.71. The van der Waals surface area contributed by atoms with Crippen LogP contribution in [0.3, 0.4) is 0 Å². The molecule has 1 heterocycles. The van der Waals surface area contributed by atoms with Gasteiger partial charge in [-0.1, -0.05) is 41.6 Å². The molecular formula is C19H15NO3S. The molecule has 0 atom stereocenters. The fourth-order valence-electron chi connectivity index (χ4n) is 1.97. The van der Waals surface area contributed by atoms with Crippen LogP contribution in [0.5, 0.6) is 5.75 Å². The Hall–Kier alpha value is -2.92. The van der Waals surface area contributed by atoms with Crippen molar-refractivity contribution in [2.75, 3.05) is 0 Å². The molecule has 4 nitrogen and oxygen atoms in total. The topological polar surface area (TPSA) is 47.9 Å². The predicted octanol–water partition coefficient (Wildman–Crippen LogP) is 4.52. The molecule has 0 aliphatic heterocycles. The van der Waals surface area contributed by atoms with Crippen LogP contribution in [0, 0.1) is 0 Å². The van der Waals surface area contributed by atoms with E-state index in [2.05, 4.69) is 5.16 Å². The van der Waals surface area contributed by atoms with Crippen molar-refractivity contribution < 1.29 is 14.4 Å². The summed E-state index contributed by atoms with van der Waals surface area (Å²) in [4.78, 5) is 17.0. The van der Waals surface area contributed by atoms with E-state index in [4.69, 9.17) is 9.57 Å². The van der Waals surface area contributed by atoms with Crippen molar-refractivity contribution in [3.63, 3.8) is 0 Å². The van der Waals surface area contributed by atoms with E-state index in [1.165, 1.54) is 17.6 Å². The van der Waals surface area contributed by atoms with Gasteiger partial charge in [-0.25, -0.2) is 4.79 Å². The number of thiophene rings is 1. The number of ether oxygens (including phenoxy) is 1. The van der Waals surface area contributed by atoms with Crippen LogP contribution in [0.4, 0.5) is 0 Å². The highest BCUT2D eigenvalue weighted by Gasteiger charge is 2.06. The van der Waals surface area contributed by atoms with Crippen LogP contribution >= 0.6 is 11.3 Å². The van der Waals surface area contributed by atoms with Crippen LogP contribution in [-0.2, 0) is 11.4 Å². The molecule has 3 aromatic rings. The third-order valence-electron chi connectivity index (χ3n) is 3.19. The van der Waals surface area contributed by atoms with Crippen molar-refractivity contribution in [3.8, 4) is 5.75 Å². The van der Waals surface area contributed by atoms with Crippen molar-refractivity contribution in [1.29, 1.82) is 0 Å². The number of hydrogen-bond donors (Lipinski definition) is 0. The first-order chi connectivity index (χ1) is 11.8. The van der Waals surface area contributed by atoms with Crippen LogP contribution < -0.4 is 4.74 Å². The summed E-state index contributed by atoms with van der Waals surface area (Å²) in [5.41, 5.74) is 1.93. The zero-order valence-corrected chi connectivity index (χ0v) is 13.6. The molecule has 1 aromatic heterocycles. The highest BCUT2D eigenvalue weighted by molar-refractivity contribution is 7.11. The van der Waals surface area contributed by atoms with Crippen LogP contribution in [0.2, 0.25) is 0 Å². The molecule has 2 aromatic carbocycles. The summed E-state index contributed by atoms with van der Waals surface area (Å²) >= 11 is 1.32. The molecule has 0 fully saturated rings. The maximum atomic E-state index is 11.6. The molecule has 24 heavy (non-hydrogen) atoms. The van der Waals surface area contributed by atoms with Crippen LogP contribution in [0.15, 0.2) is 77.3 Å². The average Bonchev–Trinajstić information content (AvgIpc) is 3.17. The zero-order valence-electron chi connectivity index (χ0n) is 12.8. The summed E-state index contributed by atoms with van der Waals surface area (Å²) in [6.07, 6.45) is 1.49. The van der Waals surface area contributed by atoms with E-state index in [-0.39, 0.29) is 0 Å².